The monoisotopic (exact) mass is 250 g/mol. The van der Waals surface area contributed by atoms with Crippen LogP contribution in [0.4, 0.5) is 9.52 Å². The van der Waals surface area contributed by atoms with Gasteiger partial charge in [-0.2, -0.15) is 0 Å². The molecule has 0 atom stereocenters. The first-order chi connectivity index (χ1) is 8.29. The zero-order chi connectivity index (χ0) is 12.1. The minimum atomic E-state index is -0.136. The highest BCUT2D eigenvalue weighted by molar-refractivity contribution is 7.13. The minimum Gasteiger partial charge on any atom is -0.361 e. The fraction of sp³-hybridized carbons (Fsp3) is 0.308. The highest BCUT2D eigenvalue weighted by Crippen LogP contribution is 2.15. The van der Waals surface area contributed by atoms with E-state index in [0.717, 1.165) is 22.8 Å². The fourth-order valence-corrected chi connectivity index (χ4v) is 2.38. The molecule has 1 aromatic carbocycles. The summed E-state index contributed by atoms with van der Waals surface area (Å²) in [5.41, 5.74) is 1.84. The lowest BCUT2D eigenvalue weighted by Gasteiger charge is -2.03. The molecule has 0 bridgehead atoms. The molecule has 0 radical (unpaired) electrons. The summed E-state index contributed by atoms with van der Waals surface area (Å²) in [5.74, 6) is -0.136. The molecule has 1 aromatic heterocycles. The molecule has 0 unspecified atom stereocenters. The Bertz CT molecular complexity index is 482. The van der Waals surface area contributed by atoms with Crippen LogP contribution in [0.15, 0.2) is 29.6 Å². The molecule has 1 N–H and O–H groups in total. The van der Waals surface area contributed by atoms with E-state index in [4.69, 9.17) is 0 Å². The van der Waals surface area contributed by atoms with Gasteiger partial charge in [0.25, 0.3) is 0 Å². The standard InChI is InChI=1S/C13H15FN2S/c1-2-11-9-17-13(16-11)15-8-7-10-5-3-4-6-12(10)14/h3-6,9H,2,7-8H2,1H3,(H,15,16). The molecule has 0 spiro atoms. The summed E-state index contributed by atoms with van der Waals surface area (Å²) in [6, 6.07) is 6.88. The van der Waals surface area contributed by atoms with Crippen LogP contribution in [0.2, 0.25) is 0 Å². The first kappa shape index (κ1) is 12.0. The van der Waals surface area contributed by atoms with E-state index in [9.17, 15) is 4.39 Å². The van der Waals surface area contributed by atoms with Gasteiger partial charge in [-0.05, 0) is 24.5 Å². The zero-order valence-electron chi connectivity index (χ0n) is 9.74. The second-order valence-corrected chi connectivity index (χ2v) is 4.62. The van der Waals surface area contributed by atoms with Crippen molar-refractivity contribution in [1.82, 2.24) is 4.98 Å². The summed E-state index contributed by atoms with van der Waals surface area (Å²) >= 11 is 1.60. The number of benzene rings is 1. The van der Waals surface area contributed by atoms with Crippen molar-refractivity contribution in [3.63, 3.8) is 0 Å². The Morgan fingerprint density at radius 3 is 2.88 bits per heavy atom. The summed E-state index contributed by atoms with van der Waals surface area (Å²) in [6.45, 7) is 2.79. The van der Waals surface area contributed by atoms with Gasteiger partial charge in [0.05, 0.1) is 5.69 Å². The molecule has 0 fully saturated rings. The topological polar surface area (TPSA) is 24.9 Å². The molecule has 2 rings (SSSR count). The number of nitrogens with zero attached hydrogens (tertiary/aromatic N) is 1. The molecule has 2 nitrogen and oxygen atoms in total. The molecule has 0 aliphatic carbocycles. The summed E-state index contributed by atoms with van der Waals surface area (Å²) in [4.78, 5) is 4.40. The Morgan fingerprint density at radius 2 is 2.18 bits per heavy atom. The number of halogens is 1. The predicted octanol–water partition coefficient (Wildman–Crippen LogP) is 3.50. The van der Waals surface area contributed by atoms with Crippen LogP contribution in [-0.4, -0.2) is 11.5 Å². The molecule has 1 heterocycles. The lowest BCUT2D eigenvalue weighted by Crippen LogP contribution is -2.05. The molecule has 0 saturated carbocycles. The number of nitrogens with one attached hydrogen (secondary N) is 1. The van der Waals surface area contributed by atoms with Crippen molar-refractivity contribution in [2.45, 2.75) is 19.8 Å². The number of aryl methyl sites for hydroxylation is 1. The molecule has 4 heteroatoms. The molecule has 0 aliphatic rings. The van der Waals surface area contributed by atoms with Gasteiger partial charge in [-0.15, -0.1) is 11.3 Å². The van der Waals surface area contributed by atoms with Gasteiger partial charge in [-0.3, -0.25) is 0 Å². The van der Waals surface area contributed by atoms with Gasteiger partial charge in [0, 0.05) is 11.9 Å². The van der Waals surface area contributed by atoms with E-state index in [1.54, 1.807) is 17.4 Å². The highest BCUT2D eigenvalue weighted by Gasteiger charge is 2.02. The van der Waals surface area contributed by atoms with Crippen molar-refractivity contribution >= 4 is 16.5 Å². The summed E-state index contributed by atoms with van der Waals surface area (Å²) < 4.78 is 13.3. The fourth-order valence-electron chi connectivity index (χ4n) is 1.56. The molecular formula is C13H15FN2S. The molecule has 0 saturated heterocycles. The van der Waals surface area contributed by atoms with Crippen LogP contribution < -0.4 is 5.32 Å². The second kappa shape index (κ2) is 5.77. The normalized spacial score (nSPS) is 10.5. The Balaban J connectivity index is 1.85. The van der Waals surface area contributed by atoms with E-state index in [1.807, 2.05) is 17.5 Å². The highest BCUT2D eigenvalue weighted by atomic mass is 32.1. The maximum atomic E-state index is 13.3. The van der Waals surface area contributed by atoms with Crippen molar-refractivity contribution in [3.8, 4) is 0 Å². The Hall–Kier alpha value is -1.42. The van der Waals surface area contributed by atoms with E-state index < -0.39 is 0 Å². The molecule has 90 valence electrons. The van der Waals surface area contributed by atoms with Crippen molar-refractivity contribution < 1.29 is 4.39 Å². The number of anilines is 1. The number of rotatable bonds is 5. The first-order valence-corrected chi connectivity index (χ1v) is 6.59. The number of thiazole rings is 1. The van der Waals surface area contributed by atoms with Crippen molar-refractivity contribution in [3.05, 3.63) is 46.7 Å². The van der Waals surface area contributed by atoms with E-state index in [-0.39, 0.29) is 5.82 Å². The number of hydrogen-bond donors (Lipinski definition) is 1. The van der Waals surface area contributed by atoms with Crippen LogP contribution in [0.3, 0.4) is 0 Å². The van der Waals surface area contributed by atoms with Crippen LogP contribution in [0, 0.1) is 5.82 Å². The van der Waals surface area contributed by atoms with Crippen LogP contribution in [0.25, 0.3) is 0 Å². The maximum Gasteiger partial charge on any atom is 0.182 e. The summed E-state index contributed by atoms with van der Waals surface area (Å²) in [6.07, 6.45) is 1.62. The quantitative estimate of drug-likeness (QED) is 0.878. The van der Waals surface area contributed by atoms with E-state index in [2.05, 4.69) is 17.2 Å². The summed E-state index contributed by atoms with van der Waals surface area (Å²) in [5, 5.41) is 6.18. The largest absolute Gasteiger partial charge is 0.361 e. The smallest absolute Gasteiger partial charge is 0.182 e. The zero-order valence-corrected chi connectivity index (χ0v) is 10.6. The van der Waals surface area contributed by atoms with Gasteiger partial charge in [0.2, 0.25) is 0 Å². The van der Waals surface area contributed by atoms with E-state index in [1.165, 1.54) is 6.07 Å². The Labute approximate surface area is 105 Å². The third-order valence-corrected chi connectivity index (χ3v) is 3.39. The van der Waals surface area contributed by atoms with Gasteiger partial charge >= 0.3 is 0 Å². The average molecular weight is 250 g/mol. The van der Waals surface area contributed by atoms with Crippen molar-refractivity contribution in [2.75, 3.05) is 11.9 Å². The van der Waals surface area contributed by atoms with Gasteiger partial charge in [-0.1, -0.05) is 25.1 Å². The average Bonchev–Trinajstić information content (AvgIpc) is 2.80. The van der Waals surface area contributed by atoms with E-state index in [0.29, 0.717) is 13.0 Å². The second-order valence-electron chi connectivity index (χ2n) is 3.77. The Morgan fingerprint density at radius 1 is 1.35 bits per heavy atom. The Kier molecular flexibility index (Phi) is 4.09. The van der Waals surface area contributed by atoms with Crippen LogP contribution in [-0.2, 0) is 12.8 Å². The minimum absolute atomic E-state index is 0.136. The van der Waals surface area contributed by atoms with Crippen molar-refractivity contribution in [2.24, 2.45) is 0 Å². The third kappa shape index (κ3) is 3.27. The molecule has 0 aliphatic heterocycles. The van der Waals surface area contributed by atoms with Gasteiger partial charge in [0.1, 0.15) is 5.82 Å². The molecule has 17 heavy (non-hydrogen) atoms. The molecule has 2 aromatic rings. The van der Waals surface area contributed by atoms with Crippen LogP contribution in [0.5, 0.6) is 0 Å². The lowest BCUT2D eigenvalue weighted by molar-refractivity contribution is 0.610. The van der Waals surface area contributed by atoms with Crippen LogP contribution in [0.1, 0.15) is 18.2 Å². The predicted molar refractivity (Wildman–Crippen MR) is 70.1 cm³/mol. The molecule has 0 amide bonds. The summed E-state index contributed by atoms with van der Waals surface area (Å²) in [7, 11) is 0. The maximum absolute atomic E-state index is 13.3. The number of aromatic nitrogens is 1. The SMILES string of the molecule is CCc1csc(NCCc2ccccc2F)n1. The molecular weight excluding hydrogens is 235 g/mol. The van der Waals surface area contributed by atoms with Crippen molar-refractivity contribution in [1.29, 1.82) is 0 Å². The third-order valence-electron chi connectivity index (χ3n) is 2.54. The van der Waals surface area contributed by atoms with Gasteiger partial charge in [0.15, 0.2) is 5.13 Å². The first-order valence-electron chi connectivity index (χ1n) is 5.71. The van der Waals surface area contributed by atoms with Crippen LogP contribution >= 0.6 is 11.3 Å². The van der Waals surface area contributed by atoms with E-state index >= 15 is 0 Å². The van der Waals surface area contributed by atoms with Gasteiger partial charge < -0.3 is 5.32 Å². The number of hydrogen-bond acceptors (Lipinski definition) is 3. The van der Waals surface area contributed by atoms with Gasteiger partial charge in [-0.25, -0.2) is 9.37 Å². The lowest BCUT2D eigenvalue weighted by atomic mass is 10.1.